The Morgan fingerprint density at radius 1 is 1.36 bits per heavy atom. The van der Waals surface area contributed by atoms with E-state index >= 15 is 0 Å². The van der Waals surface area contributed by atoms with Gasteiger partial charge in [-0.2, -0.15) is 0 Å². The number of aromatic amines is 1. The Bertz CT molecular complexity index is 485. The van der Waals surface area contributed by atoms with E-state index in [0.717, 1.165) is 11.1 Å². The number of aryl methyl sites for hydroxylation is 1. The minimum Gasteiger partial charge on any atom is -0.319 e. The Morgan fingerprint density at radius 2 is 2.21 bits per heavy atom. The summed E-state index contributed by atoms with van der Waals surface area (Å²) in [5, 5.41) is 0. The van der Waals surface area contributed by atoms with Gasteiger partial charge in [0.1, 0.15) is 0 Å². The van der Waals surface area contributed by atoms with Crippen LogP contribution in [0.4, 0.5) is 0 Å². The Morgan fingerprint density at radius 3 is 2.86 bits per heavy atom. The lowest BCUT2D eigenvalue weighted by Gasteiger charge is -1.99. The topological polar surface area (TPSA) is 45.8 Å². The summed E-state index contributed by atoms with van der Waals surface area (Å²) < 4.78 is 0. The standard InChI is InChI=1S/C11H9N2O/c1-8-2-4-9(5-3-8)10-6-12-7-11(14)13-10/h2,4-7H,1H3,(H,13,14). The fourth-order valence-electron chi connectivity index (χ4n) is 1.19. The molecule has 69 valence electrons. The molecule has 0 aliphatic carbocycles. The first kappa shape index (κ1) is 8.69. The second-order valence-electron chi connectivity index (χ2n) is 3.07. The highest BCUT2D eigenvalue weighted by molar-refractivity contribution is 5.57. The molecule has 3 nitrogen and oxygen atoms in total. The molecule has 0 unspecified atom stereocenters. The van der Waals surface area contributed by atoms with Crippen LogP contribution < -0.4 is 5.56 Å². The van der Waals surface area contributed by atoms with Crippen LogP contribution in [0.3, 0.4) is 0 Å². The molecule has 2 aromatic rings. The number of H-pyrrole nitrogens is 1. The van der Waals surface area contributed by atoms with Crippen molar-refractivity contribution in [3.63, 3.8) is 0 Å². The predicted octanol–water partition coefficient (Wildman–Crippen LogP) is 1.55. The van der Waals surface area contributed by atoms with Crippen molar-refractivity contribution in [2.75, 3.05) is 0 Å². The summed E-state index contributed by atoms with van der Waals surface area (Å²) >= 11 is 0. The van der Waals surface area contributed by atoms with Crippen molar-refractivity contribution in [2.45, 2.75) is 6.92 Å². The summed E-state index contributed by atoms with van der Waals surface area (Å²) in [5.74, 6) is 0. The van der Waals surface area contributed by atoms with Crippen LogP contribution in [0.25, 0.3) is 11.3 Å². The maximum absolute atomic E-state index is 11.0. The summed E-state index contributed by atoms with van der Waals surface area (Å²) in [6.07, 6.45) is 2.88. The number of nitrogens with one attached hydrogen (secondary N) is 1. The summed E-state index contributed by atoms with van der Waals surface area (Å²) in [6.45, 7) is 1.97. The highest BCUT2D eigenvalue weighted by Gasteiger charge is 1.97. The third-order valence-corrected chi connectivity index (χ3v) is 1.93. The van der Waals surface area contributed by atoms with Crippen LogP contribution in [0.15, 0.2) is 35.4 Å². The monoisotopic (exact) mass is 185 g/mol. The smallest absolute Gasteiger partial charge is 0.266 e. The van der Waals surface area contributed by atoms with E-state index in [1.54, 1.807) is 6.20 Å². The average molecular weight is 185 g/mol. The largest absolute Gasteiger partial charge is 0.319 e. The van der Waals surface area contributed by atoms with Crippen LogP contribution in [0, 0.1) is 13.0 Å². The first-order valence-corrected chi connectivity index (χ1v) is 4.29. The first-order valence-electron chi connectivity index (χ1n) is 4.29. The molecule has 0 atom stereocenters. The average Bonchev–Trinajstić information content (AvgIpc) is 2.19. The third-order valence-electron chi connectivity index (χ3n) is 1.93. The minimum absolute atomic E-state index is 0.192. The summed E-state index contributed by atoms with van der Waals surface area (Å²) in [6, 6.07) is 8.78. The van der Waals surface area contributed by atoms with Crippen molar-refractivity contribution in [2.24, 2.45) is 0 Å². The van der Waals surface area contributed by atoms with Gasteiger partial charge in [-0.25, -0.2) is 0 Å². The molecule has 0 aliphatic heterocycles. The molecule has 0 aliphatic rings. The summed E-state index contributed by atoms with van der Waals surface area (Å²) in [4.78, 5) is 17.5. The number of nitrogens with zero attached hydrogens (tertiary/aromatic N) is 1. The first-order chi connectivity index (χ1) is 6.75. The van der Waals surface area contributed by atoms with Crippen LogP contribution in [-0.2, 0) is 0 Å². The Labute approximate surface area is 81.5 Å². The lowest BCUT2D eigenvalue weighted by Crippen LogP contribution is -2.05. The molecule has 1 aromatic carbocycles. The molecule has 0 spiro atoms. The normalized spacial score (nSPS) is 10.1. The van der Waals surface area contributed by atoms with Gasteiger partial charge in [-0.3, -0.25) is 9.78 Å². The zero-order valence-electron chi connectivity index (χ0n) is 7.74. The van der Waals surface area contributed by atoms with Crippen molar-refractivity contribution in [1.82, 2.24) is 9.97 Å². The van der Waals surface area contributed by atoms with Gasteiger partial charge < -0.3 is 4.98 Å². The summed E-state index contributed by atoms with van der Waals surface area (Å²) in [5.41, 5.74) is 2.51. The van der Waals surface area contributed by atoms with Crippen molar-refractivity contribution in [1.29, 1.82) is 0 Å². The molecule has 2 rings (SSSR count). The molecular formula is C11H9N2O. The van der Waals surface area contributed by atoms with E-state index in [0.29, 0.717) is 5.69 Å². The van der Waals surface area contributed by atoms with E-state index in [2.05, 4.69) is 16.0 Å². The number of hydrogen-bond acceptors (Lipinski definition) is 2. The zero-order valence-corrected chi connectivity index (χ0v) is 7.74. The number of rotatable bonds is 1. The molecule has 1 N–H and O–H groups in total. The highest BCUT2D eigenvalue weighted by Crippen LogP contribution is 2.14. The lowest BCUT2D eigenvalue weighted by molar-refractivity contribution is 1.14. The molecule has 1 heterocycles. The van der Waals surface area contributed by atoms with Crippen LogP contribution in [0.1, 0.15) is 5.56 Å². The van der Waals surface area contributed by atoms with Gasteiger partial charge >= 0.3 is 0 Å². The fraction of sp³-hybridized carbons (Fsp3) is 0.0909. The molecule has 14 heavy (non-hydrogen) atoms. The van der Waals surface area contributed by atoms with Gasteiger partial charge in [0.05, 0.1) is 18.1 Å². The number of hydrogen-bond donors (Lipinski definition) is 1. The quantitative estimate of drug-likeness (QED) is 0.732. The molecule has 0 saturated carbocycles. The number of aromatic nitrogens is 2. The Hall–Kier alpha value is -1.90. The van der Waals surface area contributed by atoms with Crippen LogP contribution >= 0.6 is 0 Å². The van der Waals surface area contributed by atoms with E-state index in [4.69, 9.17) is 0 Å². The summed E-state index contributed by atoms with van der Waals surface area (Å²) in [7, 11) is 0. The third kappa shape index (κ3) is 1.71. The van der Waals surface area contributed by atoms with Gasteiger partial charge in [-0.05, 0) is 24.6 Å². The van der Waals surface area contributed by atoms with Gasteiger partial charge in [0, 0.05) is 5.56 Å². The molecule has 1 radical (unpaired) electrons. The van der Waals surface area contributed by atoms with Gasteiger partial charge in [0.15, 0.2) is 0 Å². The second kappa shape index (κ2) is 3.46. The van der Waals surface area contributed by atoms with Gasteiger partial charge in [-0.15, -0.1) is 0 Å². The molecule has 1 aromatic heterocycles. The van der Waals surface area contributed by atoms with Gasteiger partial charge in [-0.1, -0.05) is 12.1 Å². The van der Waals surface area contributed by atoms with Crippen LogP contribution in [0.5, 0.6) is 0 Å². The minimum atomic E-state index is -0.192. The zero-order chi connectivity index (χ0) is 9.97. The maximum atomic E-state index is 11.0. The SMILES string of the molecule is Cc1[c]cc(-c2cncc(=O)[nH]2)cc1. The molecule has 0 fully saturated rings. The van der Waals surface area contributed by atoms with E-state index < -0.39 is 0 Å². The lowest BCUT2D eigenvalue weighted by atomic mass is 10.1. The van der Waals surface area contributed by atoms with Gasteiger partial charge in [0.25, 0.3) is 5.56 Å². The van der Waals surface area contributed by atoms with Crippen LogP contribution in [0.2, 0.25) is 0 Å². The molecule has 3 heteroatoms. The van der Waals surface area contributed by atoms with Crippen LogP contribution in [-0.4, -0.2) is 9.97 Å². The highest BCUT2D eigenvalue weighted by atomic mass is 16.1. The molecule has 0 amide bonds. The van der Waals surface area contributed by atoms with Gasteiger partial charge in [0.2, 0.25) is 0 Å². The van der Waals surface area contributed by atoms with Crippen molar-refractivity contribution in [3.05, 3.63) is 52.6 Å². The van der Waals surface area contributed by atoms with E-state index in [1.807, 2.05) is 25.1 Å². The molecular weight excluding hydrogens is 176 g/mol. The van der Waals surface area contributed by atoms with Crippen molar-refractivity contribution >= 4 is 0 Å². The maximum Gasteiger partial charge on any atom is 0.266 e. The number of benzene rings is 1. The molecule has 0 saturated heterocycles. The van der Waals surface area contributed by atoms with E-state index in [1.165, 1.54) is 6.20 Å². The van der Waals surface area contributed by atoms with E-state index in [9.17, 15) is 4.79 Å². The van der Waals surface area contributed by atoms with Crippen molar-refractivity contribution in [3.8, 4) is 11.3 Å². The Kier molecular flexibility index (Phi) is 2.14. The second-order valence-corrected chi connectivity index (χ2v) is 3.07. The van der Waals surface area contributed by atoms with E-state index in [-0.39, 0.29) is 5.56 Å². The fourth-order valence-corrected chi connectivity index (χ4v) is 1.19. The Balaban J connectivity index is 2.50. The molecule has 0 bridgehead atoms. The predicted molar refractivity (Wildman–Crippen MR) is 53.9 cm³/mol. The van der Waals surface area contributed by atoms with Crippen molar-refractivity contribution < 1.29 is 0 Å².